The van der Waals surface area contributed by atoms with Crippen LogP contribution in [0.3, 0.4) is 0 Å². The highest BCUT2D eigenvalue weighted by atomic mass is 16.1. The van der Waals surface area contributed by atoms with Gasteiger partial charge in [-0.1, -0.05) is 30.5 Å². The second kappa shape index (κ2) is 6.20. The summed E-state index contributed by atoms with van der Waals surface area (Å²) in [5.74, 6) is 0.478. The number of aryl methyl sites for hydroxylation is 2. The molecule has 0 radical (unpaired) electrons. The van der Waals surface area contributed by atoms with Gasteiger partial charge >= 0.3 is 0 Å². The van der Waals surface area contributed by atoms with E-state index < -0.39 is 0 Å². The van der Waals surface area contributed by atoms with Crippen molar-refractivity contribution in [1.82, 2.24) is 5.32 Å². The number of benzene rings is 1. The van der Waals surface area contributed by atoms with E-state index in [1.165, 1.54) is 18.4 Å². The molecule has 2 rings (SSSR count). The van der Waals surface area contributed by atoms with E-state index >= 15 is 0 Å². The summed E-state index contributed by atoms with van der Waals surface area (Å²) in [5.41, 5.74) is 8.82. The van der Waals surface area contributed by atoms with Crippen LogP contribution in [0.4, 0.5) is 0 Å². The Morgan fingerprint density at radius 3 is 2.74 bits per heavy atom. The van der Waals surface area contributed by atoms with E-state index in [1.807, 2.05) is 26.0 Å². The molecule has 1 aliphatic carbocycles. The van der Waals surface area contributed by atoms with E-state index in [4.69, 9.17) is 5.73 Å². The molecule has 3 N–H and O–H groups in total. The fourth-order valence-electron chi connectivity index (χ4n) is 2.99. The van der Waals surface area contributed by atoms with Crippen LogP contribution < -0.4 is 11.1 Å². The average Bonchev–Trinajstić information content (AvgIpc) is 2.39. The predicted octanol–water partition coefficient (Wildman–Crippen LogP) is 2.55. The van der Waals surface area contributed by atoms with Gasteiger partial charge in [0, 0.05) is 11.6 Å². The van der Waals surface area contributed by atoms with Gasteiger partial charge in [-0.05, 0) is 50.8 Å². The lowest BCUT2D eigenvalue weighted by Gasteiger charge is -2.31. The Kier molecular flexibility index (Phi) is 4.59. The van der Waals surface area contributed by atoms with Crippen molar-refractivity contribution >= 4 is 5.91 Å². The zero-order chi connectivity index (χ0) is 13.8. The van der Waals surface area contributed by atoms with Crippen LogP contribution in [0.2, 0.25) is 0 Å². The van der Waals surface area contributed by atoms with Crippen LogP contribution in [0.1, 0.15) is 47.2 Å². The maximum atomic E-state index is 12.4. The van der Waals surface area contributed by atoms with Gasteiger partial charge in [-0.15, -0.1) is 0 Å². The van der Waals surface area contributed by atoms with Crippen molar-refractivity contribution in [2.24, 2.45) is 11.7 Å². The Balaban J connectivity index is 2.07. The molecule has 0 spiro atoms. The maximum absolute atomic E-state index is 12.4. The number of nitrogens with one attached hydrogen (secondary N) is 1. The molecule has 1 fully saturated rings. The summed E-state index contributed by atoms with van der Waals surface area (Å²) in [4.78, 5) is 12.4. The molecule has 104 valence electrons. The lowest BCUT2D eigenvalue weighted by Crippen LogP contribution is -2.44. The molecule has 2 atom stereocenters. The van der Waals surface area contributed by atoms with Crippen molar-refractivity contribution in [3.05, 3.63) is 34.9 Å². The predicted molar refractivity (Wildman–Crippen MR) is 78.2 cm³/mol. The summed E-state index contributed by atoms with van der Waals surface area (Å²) in [7, 11) is 0. The Morgan fingerprint density at radius 2 is 2.05 bits per heavy atom. The van der Waals surface area contributed by atoms with Crippen molar-refractivity contribution in [2.45, 2.75) is 45.6 Å². The summed E-state index contributed by atoms with van der Waals surface area (Å²) < 4.78 is 0. The minimum atomic E-state index is 0.0443. The number of amides is 1. The highest BCUT2D eigenvalue weighted by molar-refractivity contribution is 5.95. The topological polar surface area (TPSA) is 55.1 Å². The summed E-state index contributed by atoms with van der Waals surface area (Å²) in [5, 5.41) is 3.18. The normalized spacial score (nSPS) is 23.1. The van der Waals surface area contributed by atoms with E-state index in [1.54, 1.807) is 0 Å². The highest BCUT2D eigenvalue weighted by Crippen LogP contribution is 2.24. The summed E-state index contributed by atoms with van der Waals surface area (Å²) in [6.45, 7) is 4.70. The van der Waals surface area contributed by atoms with Gasteiger partial charge in [0.2, 0.25) is 0 Å². The first kappa shape index (κ1) is 14.1. The van der Waals surface area contributed by atoms with Crippen molar-refractivity contribution in [3.63, 3.8) is 0 Å². The van der Waals surface area contributed by atoms with Gasteiger partial charge in [-0.25, -0.2) is 0 Å². The zero-order valence-electron chi connectivity index (χ0n) is 11.9. The molecule has 0 saturated heterocycles. The van der Waals surface area contributed by atoms with Crippen LogP contribution in [-0.2, 0) is 0 Å². The number of nitrogens with two attached hydrogens (primary N) is 1. The molecule has 0 heterocycles. The lowest BCUT2D eigenvalue weighted by atomic mass is 9.84. The van der Waals surface area contributed by atoms with Gasteiger partial charge in [0.15, 0.2) is 0 Å². The fourth-order valence-corrected chi connectivity index (χ4v) is 2.99. The number of hydrogen-bond acceptors (Lipinski definition) is 2. The van der Waals surface area contributed by atoms with Gasteiger partial charge in [-0.2, -0.15) is 0 Å². The SMILES string of the molecule is Cc1ccc(C(=O)NC2CCCCC2CN)c(C)c1. The molecule has 19 heavy (non-hydrogen) atoms. The van der Waals surface area contributed by atoms with Crippen molar-refractivity contribution < 1.29 is 4.79 Å². The third-order valence-corrected chi connectivity index (χ3v) is 4.15. The van der Waals surface area contributed by atoms with Gasteiger partial charge in [0.1, 0.15) is 0 Å². The van der Waals surface area contributed by atoms with E-state index in [2.05, 4.69) is 11.4 Å². The Hall–Kier alpha value is -1.35. The van der Waals surface area contributed by atoms with Crippen molar-refractivity contribution in [2.75, 3.05) is 6.54 Å². The minimum absolute atomic E-state index is 0.0443. The first-order valence-corrected chi connectivity index (χ1v) is 7.20. The van der Waals surface area contributed by atoms with Crippen LogP contribution in [0, 0.1) is 19.8 Å². The molecule has 3 nitrogen and oxygen atoms in total. The Morgan fingerprint density at radius 1 is 1.32 bits per heavy atom. The molecule has 2 unspecified atom stereocenters. The molecule has 1 aromatic rings. The maximum Gasteiger partial charge on any atom is 0.251 e. The summed E-state index contributed by atoms with van der Waals surface area (Å²) in [6, 6.07) is 6.20. The molecule has 1 saturated carbocycles. The standard InChI is InChI=1S/C16H24N2O/c1-11-7-8-14(12(2)9-11)16(19)18-15-6-4-3-5-13(15)10-17/h7-9,13,15H,3-6,10,17H2,1-2H3,(H,18,19). The smallest absolute Gasteiger partial charge is 0.251 e. The summed E-state index contributed by atoms with van der Waals surface area (Å²) in [6.07, 6.45) is 4.61. The van der Waals surface area contributed by atoms with E-state index in [-0.39, 0.29) is 11.9 Å². The first-order valence-electron chi connectivity index (χ1n) is 7.20. The van der Waals surface area contributed by atoms with Gasteiger partial charge < -0.3 is 11.1 Å². The second-order valence-electron chi connectivity index (χ2n) is 5.68. The van der Waals surface area contributed by atoms with Crippen LogP contribution in [-0.4, -0.2) is 18.5 Å². The monoisotopic (exact) mass is 260 g/mol. The molecule has 1 amide bonds. The number of hydrogen-bond donors (Lipinski definition) is 2. The Bertz CT molecular complexity index is 456. The van der Waals surface area contributed by atoms with Gasteiger partial charge in [-0.3, -0.25) is 4.79 Å². The van der Waals surface area contributed by atoms with Crippen LogP contribution in [0.25, 0.3) is 0 Å². The van der Waals surface area contributed by atoms with Crippen molar-refractivity contribution in [1.29, 1.82) is 0 Å². The third-order valence-electron chi connectivity index (χ3n) is 4.15. The molecule has 0 aromatic heterocycles. The largest absolute Gasteiger partial charge is 0.349 e. The quantitative estimate of drug-likeness (QED) is 0.877. The molecular weight excluding hydrogens is 236 g/mol. The highest BCUT2D eigenvalue weighted by Gasteiger charge is 2.25. The lowest BCUT2D eigenvalue weighted by molar-refractivity contribution is 0.0907. The Labute approximate surface area is 115 Å². The number of rotatable bonds is 3. The molecular formula is C16H24N2O. The van der Waals surface area contributed by atoms with Crippen LogP contribution in [0.5, 0.6) is 0 Å². The molecule has 0 bridgehead atoms. The van der Waals surface area contributed by atoms with Crippen molar-refractivity contribution in [3.8, 4) is 0 Å². The third kappa shape index (κ3) is 3.35. The number of carbonyl (C=O) groups is 1. The van der Waals surface area contributed by atoms with Crippen LogP contribution in [0.15, 0.2) is 18.2 Å². The molecule has 3 heteroatoms. The van der Waals surface area contributed by atoms with Gasteiger partial charge in [0.25, 0.3) is 5.91 Å². The molecule has 0 aliphatic heterocycles. The van der Waals surface area contributed by atoms with E-state index in [0.29, 0.717) is 12.5 Å². The minimum Gasteiger partial charge on any atom is -0.349 e. The molecule has 1 aliphatic rings. The number of carbonyl (C=O) groups excluding carboxylic acids is 1. The first-order chi connectivity index (χ1) is 9.11. The molecule has 1 aromatic carbocycles. The van der Waals surface area contributed by atoms with Gasteiger partial charge in [0.05, 0.1) is 0 Å². The summed E-state index contributed by atoms with van der Waals surface area (Å²) >= 11 is 0. The van der Waals surface area contributed by atoms with E-state index in [9.17, 15) is 4.79 Å². The fraction of sp³-hybridized carbons (Fsp3) is 0.562. The van der Waals surface area contributed by atoms with Crippen LogP contribution >= 0.6 is 0 Å². The van der Waals surface area contributed by atoms with E-state index in [0.717, 1.165) is 24.0 Å². The average molecular weight is 260 g/mol. The zero-order valence-corrected chi connectivity index (χ0v) is 11.9. The second-order valence-corrected chi connectivity index (χ2v) is 5.68.